The Morgan fingerprint density at radius 3 is 2.30 bits per heavy atom. The van der Waals surface area contributed by atoms with Crippen molar-refractivity contribution in [2.45, 2.75) is 32.1 Å². The van der Waals surface area contributed by atoms with Crippen LogP contribution in [-0.4, -0.2) is 30.0 Å². The first kappa shape index (κ1) is 13.9. The summed E-state index contributed by atoms with van der Waals surface area (Å²) in [6.07, 6.45) is 4.23. The summed E-state index contributed by atoms with van der Waals surface area (Å²) >= 11 is 0. The van der Waals surface area contributed by atoms with Gasteiger partial charge >= 0.3 is 0 Å². The van der Waals surface area contributed by atoms with Gasteiger partial charge in [-0.1, -0.05) is 30.3 Å². The lowest BCUT2D eigenvalue weighted by atomic mass is 9.95. The van der Waals surface area contributed by atoms with E-state index in [1.807, 2.05) is 30.3 Å². The fourth-order valence-electron chi connectivity index (χ4n) is 3.21. The van der Waals surface area contributed by atoms with Gasteiger partial charge in [0, 0.05) is 17.5 Å². The van der Waals surface area contributed by atoms with Crippen LogP contribution < -0.4 is 0 Å². The number of aromatic hydroxyl groups is 2. The quantitative estimate of drug-likeness (QED) is 0.693. The molecule has 2 heterocycles. The molecule has 0 fully saturated rings. The minimum absolute atomic E-state index is 0.0578. The summed E-state index contributed by atoms with van der Waals surface area (Å²) in [7, 11) is 0. The van der Waals surface area contributed by atoms with E-state index in [0.29, 0.717) is 12.2 Å². The predicted molar refractivity (Wildman–Crippen MR) is 84.9 cm³/mol. The number of hydrogen-bond acceptors (Lipinski definition) is 4. The van der Waals surface area contributed by atoms with Crippen molar-refractivity contribution < 1.29 is 10.2 Å². The number of benzene rings is 1. The Balaban J connectivity index is 1.68. The molecule has 0 atom stereocenters. The van der Waals surface area contributed by atoms with Crippen LogP contribution in [-0.2, 0) is 19.3 Å². The van der Waals surface area contributed by atoms with E-state index in [-0.39, 0.29) is 17.7 Å². The number of H-pyrrole nitrogens is 1. The third-order valence-electron chi connectivity index (χ3n) is 4.37. The molecule has 1 aromatic carbocycles. The Hall–Kier alpha value is -2.76. The van der Waals surface area contributed by atoms with Crippen LogP contribution in [0.4, 0.5) is 0 Å². The van der Waals surface area contributed by atoms with Gasteiger partial charge in [0.2, 0.25) is 11.8 Å². The van der Waals surface area contributed by atoms with Crippen LogP contribution >= 0.6 is 0 Å². The van der Waals surface area contributed by atoms with Gasteiger partial charge in [-0.05, 0) is 31.2 Å². The van der Waals surface area contributed by atoms with Gasteiger partial charge in [-0.25, -0.2) is 4.57 Å². The molecule has 0 amide bonds. The zero-order chi connectivity index (χ0) is 15.8. The lowest BCUT2D eigenvalue weighted by molar-refractivity contribution is 0.396. The first-order valence-corrected chi connectivity index (χ1v) is 7.84. The molecule has 0 spiro atoms. The van der Waals surface area contributed by atoms with E-state index in [0.717, 1.165) is 42.4 Å². The van der Waals surface area contributed by atoms with Crippen molar-refractivity contribution in [2.24, 2.45) is 0 Å². The molecule has 3 aromatic rings. The maximum Gasteiger partial charge on any atom is 0.258 e. The third kappa shape index (κ3) is 2.36. The van der Waals surface area contributed by atoms with Gasteiger partial charge in [-0.15, -0.1) is 5.10 Å². The van der Waals surface area contributed by atoms with E-state index in [2.05, 4.69) is 15.2 Å². The highest BCUT2D eigenvalue weighted by molar-refractivity contribution is 5.50. The maximum absolute atomic E-state index is 10.4. The number of rotatable bonds is 3. The molecule has 23 heavy (non-hydrogen) atoms. The number of aromatic nitrogens is 4. The van der Waals surface area contributed by atoms with Crippen LogP contribution in [0, 0.1) is 0 Å². The number of nitrogens with one attached hydrogen (secondary N) is 1. The Morgan fingerprint density at radius 2 is 1.65 bits per heavy atom. The molecule has 1 aliphatic carbocycles. The van der Waals surface area contributed by atoms with Crippen LogP contribution in [0.15, 0.2) is 30.3 Å². The van der Waals surface area contributed by atoms with E-state index in [1.165, 1.54) is 4.57 Å². The average Bonchev–Trinajstić information content (AvgIpc) is 3.12. The summed E-state index contributed by atoms with van der Waals surface area (Å²) in [5.41, 5.74) is 2.77. The van der Waals surface area contributed by atoms with Gasteiger partial charge in [0.1, 0.15) is 5.82 Å². The van der Waals surface area contributed by atoms with E-state index < -0.39 is 0 Å². The van der Waals surface area contributed by atoms with Crippen LogP contribution in [0.2, 0.25) is 0 Å². The molecule has 0 bridgehead atoms. The molecule has 6 nitrogen and oxygen atoms in total. The van der Waals surface area contributed by atoms with Crippen LogP contribution in [0.25, 0.3) is 5.95 Å². The first-order valence-electron chi connectivity index (χ1n) is 7.84. The molecule has 3 N–H and O–H groups in total. The molecular formula is C17H18N4O2. The van der Waals surface area contributed by atoms with E-state index >= 15 is 0 Å². The molecule has 0 aliphatic heterocycles. The average molecular weight is 310 g/mol. The van der Waals surface area contributed by atoms with E-state index in [4.69, 9.17) is 0 Å². The molecule has 6 heteroatoms. The highest BCUT2D eigenvalue weighted by Crippen LogP contribution is 2.39. The number of hydrogen-bond donors (Lipinski definition) is 3. The summed E-state index contributed by atoms with van der Waals surface area (Å²) in [6, 6.07) is 9.96. The van der Waals surface area contributed by atoms with Crippen LogP contribution in [0.1, 0.15) is 35.4 Å². The molecule has 2 aromatic heterocycles. The second kappa shape index (κ2) is 5.46. The fourth-order valence-corrected chi connectivity index (χ4v) is 3.21. The van der Waals surface area contributed by atoms with Crippen molar-refractivity contribution in [1.29, 1.82) is 0 Å². The minimum atomic E-state index is 0.0578. The monoisotopic (exact) mass is 310 g/mol. The van der Waals surface area contributed by atoms with Crippen LogP contribution in [0.3, 0.4) is 0 Å². The molecular weight excluding hydrogens is 292 g/mol. The normalized spacial score (nSPS) is 13.9. The smallest absolute Gasteiger partial charge is 0.258 e. The van der Waals surface area contributed by atoms with Gasteiger partial charge in [-0.2, -0.15) is 4.98 Å². The molecule has 0 saturated carbocycles. The van der Waals surface area contributed by atoms with E-state index in [1.54, 1.807) is 0 Å². The van der Waals surface area contributed by atoms with Crippen molar-refractivity contribution >= 4 is 0 Å². The Kier molecular flexibility index (Phi) is 3.29. The number of fused-ring (bicyclic) bond motifs is 1. The lowest BCUT2D eigenvalue weighted by Crippen LogP contribution is -1.98. The lowest BCUT2D eigenvalue weighted by Gasteiger charge is -2.09. The predicted octanol–water partition coefficient (Wildman–Crippen LogP) is 2.48. The molecule has 118 valence electrons. The molecule has 1 aliphatic rings. The molecule has 0 radical (unpaired) electrons. The van der Waals surface area contributed by atoms with Gasteiger partial charge < -0.3 is 10.2 Å². The van der Waals surface area contributed by atoms with Crippen molar-refractivity contribution in [1.82, 2.24) is 19.7 Å². The molecule has 0 unspecified atom stereocenters. The van der Waals surface area contributed by atoms with Crippen molar-refractivity contribution in [3.63, 3.8) is 0 Å². The fraction of sp³-hybridized carbons (Fsp3) is 0.294. The zero-order valence-electron chi connectivity index (χ0n) is 12.7. The molecule has 0 saturated heterocycles. The summed E-state index contributed by atoms with van der Waals surface area (Å²) in [5.74, 6) is 1.09. The van der Waals surface area contributed by atoms with Crippen molar-refractivity contribution in [3.8, 4) is 17.7 Å². The Bertz CT molecular complexity index is 806. The van der Waals surface area contributed by atoms with E-state index in [9.17, 15) is 10.2 Å². The van der Waals surface area contributed by atoms with Gasteiger partial charge in [0.25, 0.3) is 5.95 Å². The second-order valence-corrected chi connectivity index (χ2v) is 5.89. The highest BCUT2D eigenvalue weighted by atomic mass is 16.3. The highest BCUT2D eigenvalue weighted by Gasteiger charge is 2.26. The summed E-state index contributed by atoms with van der Waals surface area (Å²) in [6.45, 7) is 0. The molecule has 4 rings (SSSR count). The van der Waals surface area contributed by atoms with Crippen LogP contribution in [0.5, 0.6) is 11.8 Å². The zero-order valence-corrected chi connectivity index (χ0v) is 12.7. The maximum atomic E-state index is 10.4. The van der Waals surface area contributed by atoms with Crippen molar-refractivity contribution in [3.05, 3.63) is 52.8 Å². The van der Waals surface area contributed by atoms with Crippen molar-refractivity contribution in [2.75, 3.05) is 0 Å². The number of nitrogens with zero attached hydrogens (tertiary/aromatic N) is 3. The van der Waals surface area contributed by atoms with Gasteiger partial charge in [-0.3, -0.25) is 5.10 Å². The van der Waals surface area contributed by atoms with Gasteiger partial charge in [0.15, 0.2) is 0 Å². The summed E-state index contributed by atoms with van der Waals surface area (Å²) in [4.78, 5) is 4.42. The second-order valence-electron chi connectivity index (χ2n) is 5.89. The minimum Gasteiger partial charge on any atom is -0.494 e. The SMILES string of the molecule is Oc1c2c(c(O)n1-c1n[nH]c(Cc3ccccc3)n1)CCCC2. The first-order chi connectivity index (χ1) is 11.2. The summed E-state index contributed by atoms with van der Waals surface area (Å²) in [5, 5.41) is 27.9. The third-order valence-corrected chi connectivity index (χ3v) is 4.37. The number of aromatic amines is 1. The topological polar surface area (TPSA) is 87.0 Å². The standard InChI is InChI=1S/C17H18N4O2/c22-15-12-8-4-5-9-13(12)16(23)21(15)17-18-14(19-20-17)10-11-6-2-1-3-7-11/h1-3,6-7,22-23H,4-5,8-10H2,(H,18,19,20). The van der Waals surface area contributed by atoms with Gasteiger partial charge in [0.05, 0.1) is 0 Å². The Morgan fingerprint density at radius 1 is 1.00 bits per heavy atom. The Labute approximate surface area is 133 Å². The largest absolute Gasteiger partial charge is 0.494 e. The summed E-state index contributed by atoms with van der Waals surface area (Å²) < 4.78 is 1.33.